The van der Waals surface area contributed by atoms with Crippen molar-refractivity contribution in [2.75, 3.05) is 38.7 Å². The number of carbonyl (C=O) groups excluding carboxylic acids is 2. The summed E-state index contributed by atoms with van der Waals surface area (Å²) in [5.41, 5.74) is 0.438. The summed E-state index contributed by atoms with van der Waals surface area (Å²) in [6.07, 6.45) is 1.44. The Kier molecular flexibility index (Phi) is 9.53. The van der Waals surface area contributed by atoms with Crippen LogP contribution < -0.4 is 16.0 Å². The van der Waals surface area contributed by atoms with Gasteiger partial charge in [0.25, 0.3) is 5.91 Å². The molecule has 1 aromatic rings. The Labute approximate surface area is 172 Å². The van der Waals surface area contributed by atoms with E-state index in [4.69, 9.17) is 16.3 Å². The van der Waals surface area contributed by atoms with E-state index in [9.17, 15) is 9.59 Å². The Bertz CT molecular complexity index is 642. The molecule has 0 aliphatic carbocycles. The van der Waals surface area contributed by atoms with Crippen LogP contribution in [0, 0.1) is 11.3 Å². The van der Waals surface area contributed by atoms with Gasteiger partial charge in [-0.1, -0.05) is 25.4 Å². The van der Waals surface area contributed by atoms with Gasteiger partial charge in [-0.15, -0.1) is 12.4 Å². The molecule has 0 aromatic heterocycles. The van der Waals surface area contributed by atoms with Crippen molar-refractivity contribution in [3.63, 3.8) is 0 Å². The van der Waals surface area contributed by atoms with Gasteiger partial charge in [-0.05, 0) is 50.0 Å². The number of hydrogen-bond donors (Lipinski definition) is 3. The number of rotatable bonds is 7. The highest BCUT2D eigenvalue weighted by molar-refractivity contribution is 6.34. The Morgan fingerprint density at radius 3 is 2.52 bits per heavy atom. The molecule has 1 aliphatic rings. The van der Waals surface area contributed by atoms with E-state index in [1.54, 1.807) is 25.3 Å². The molecule has 0 radical (unpaired) electrons. The van der Waals surface area contributed by atoms with Gasteiger partial charge in [0.1, 0.15) is 0 Å². The van der Waals surface area contributed by atoms with Gasteiger partial charge in [-0.2, -0.15) is 0 Å². The average molecular weight is 418 g/mol. The molecule has 0 saturated carbocycles. The molecule has 27 heavy (non-hydrogen) atoms. The van der Waals surface area contributed by atoms with Crippen LogP contribution in [0.3, 0.4) is 0 Å². The first-order valence-corrected chi connectivity index (χ1v) is 9.34. The van der Waals surface area contributed by atoms with Crippen molar-refractivity contribution in [2.45, 2.75) is 26.7 Å². The lowest BCUT2D eigenvalue weighted by molar-refractivity contribution is -0.130. The topological polar surface area (TPSA) is 79.5 Å². The second kappa shape index (κ2) is 10.9. The van der Waals surface area contributed by atoms with Gasteiger partial charge in [0.2, 0.25) is 5.91 Å². The third kappa shape index (κ3) is 6.35. The van der Waals surface area contributed by atoms with E-state index in [0.29, 0.717) is 35.3 Å². The quantitative estimate of drug-likeness (QED) is 0.636. The van der Waals surface area contributed by atoms with Crippen molar-refractivity contribution in [1.82, 2.24) is 10.6 Å². The smallest absolute Gasteiger partial charge is 0.252 e. The third-order valence-electron chi connectivity index (χ3n) is 4.61. The Morgan fingerprint density at radius 2 is 1.96 bits per heavy atom. The zero-order valence-electron chi connectivity index (χ0n) is 16.1. The summed E-state index contributed by atoms with van der Waals surface area (Å²) < 4.78 is 5.30. The lowest BCUT2D eigenvalue weighted by Gasteiger charge is -2.35. The lowest BCUT2D eigenvalue weighted by atomic mass is 9.78. The Hall–Kier alpha value is -1.34. The van der Waals surface area contributed by atoms with E-state index in [1.165, 1.54) is 0 Å². The summed E-state index contributed by atoms with van der Waals surface area (Å²) in [4.78, 5) is 25.0. The predicted octanol–water partition coefficient (Wildman–Crippen LogP) is 3.10. The molecule has 1 heterocycles. The minimum Gasteiger partial charge on any atom is -0.384 e. The van der Waals surface area contributed by atoms with Crippen molar-refractivity contribution in [3.8, 4) is 0 Å². The maximum absolute atomic E-state index is 12.8. The van der Waals surface area contributed by atoms with E-state index < -0.39 is 5.41 Å². The zero-order valence-corrected chi connectivity index (χ0v) is 17.6. The van der Waals surface area contributed by atoms with Gasteiger partial charge in [-0.3, -0.25) is 9.59 Å². The third-order valence-corrected chi connectivity index (χ3v) is 4.92. The standard InChI is InChI=1S/C19H28ClN3O3.ClH/c1-13(2)11-22-17(24)15-5-4-14(10-16(15)20)23-18(25)19(12-26-3)6-8-21-9-7-19;/h4-5,10,13,21H,6-9,11-12H2,1-3H3,(H,22,24)(H,23,25);1H. The fourth-order valence-corrected chi connectivity index (χ4v) is 3.32. The molecule has 6 nitrogen and oxygen atoms in total. The minimum absolute atomic E-state index is 0. The van der Waals surface area contributed by atoms with Crippen LogP contribution in [0.1, 0.15) is 37.0 Å². The van der Waals surface area contributed by atoms with Crippen LogP contribution in [0.5, 0.6) is 0 Å². The van der Waals surface area contributed by atoms with Crippen molar-refractivity contribution >= 4 is 41.5 Å². The van der Waals surface area contributed by atoms with Crippen LogP contribution in [0.15, 0.2) is 18.2 Å². The summed E-state index contributed by atoms with van der Waals surface area (Å²) in [6.45, 7) is 6.58. The van der Waals surface area contributed by atoms with Gasteiger partial charge < -0.3 is 20.7 Å². The number of benzene rings is 1. The number of piperidine rings is 1. The van der Waals surface area contributed by atoms with Gasteiger partial charge in [0.05, 0.1) is 22.6 Å². The number of carbonyl (C=O) groups is 2. The molecule has 1 saturated heterocycles. The van der Waals surface area contributed by atoms with Crippen LogP contribution in [0.2, 0.25) is 5.02 Å². The Balaban J connectivity index is 0.00000364. The van der Waals surface area contributed by atoms with E-state index in [1.807, 2.05) is 13.8 Å². The van der Waals surface area contributed by atoms with Crippen molar-refractivity contribution in [3.05, 3.63) is 28.8 Å². The van der Waals surface area contributed by atoms with Gasteiger partial charge in [0, 0.05) is 19.3 Å². The first-order chi connectivity index (χ1) is 12.4. The molecule has 2 rings (SSSR count). The molecule has 1 fully saturated rings. The maximum Gasteiger partial charge on any atom is 0.252 e. The highest BCUT2D eigenvalue weighted by Gasteiger charge is 2.39. The maximum atomic E-state index is 12.8. The van der Waals surface area contributed by atoms with Gasteiger partial charge >= 0.3 is 0 Å². The number of halogens is 2. The molecular weight excluding hydrogens is 389 g/mol. The average Bonchev–Trinajstić information content (AvgIpc) is 2.61. The molecule has 0 spiro atoms. The monoisotopic (exact) mass is 417 g/mol. The summed E-state index contributed by atoms with van der Waals surface area (Å²) in [5, 5.41) is 9.35. The number of amides is 2. The first kappa shape index (κ1) is 23.7. The normalized spacial score (nSPS) is 15.7. The largest absolute Gasteiger partial charge is 0.384 e. The fourth-order valence-electron chi connectivity index (χ4n) is 3.05. The summed E-state index contributed by atoms with van der Waals surface area (Å²) >= 11 is 6.26. The molecule has 8 heteroatoms. The van der Waals surface area contributed by atoms with E-state index in [0.717, 1.165) is 25.9 Å². The second-order valence-electron chi connectivity index (χ2n) is 7.22. The van der Waals surface area contributed by atoms with Crippen LogP contribution in [0.25, 0.3) is 0 Å². The molecule has 1 aliphatic heterocycles. The molecule has 0 atom stereocenters. The number of methoxy groups -OCH3 is 1. The SMILES string of the molecule is COCC1(C(=O)Nc2ccc(C(=O)NCC(C)C)c(Cl)c2)CCNCC1.Cl. The Morgan fingerprint density at radius 1 is 1.30 bits per heavy atom. The second-order valence-corrected chi connectivity index (χ2v) is 7.62. The highest BCUT2D eigenvalue weighted by atomic mass is 35.5. The van der Waals surface area contributed by atoms with E-state index >= 15 is 0 Å². The molecule has 152 valence electrons. The zero-order chi connectivity index (χ0) is 19.2. The lowest BCUT2D eigenvalue weighted by Crippen LogP contribution is -2.47. The number of hydrogen-bond acceptors (Lipinski definition) is 4. The van der Waals surface area contributed by atoms with Gasteiger partial charge in [-0.25, -0.2) is 0 Å². The molecule has 0 bridgehead atoms. The highest BCUT2D eigenvalue weighted by Crippen LogP contribution is 2.31. The number of nitrogens with one attached hydrogen (secondary N) is 3. The van der Waals surface area contributed by atoms with Crippen LogP contribution in [0.4, 0.5) is 5.69 Å². The number of ether oxygens (including phenoxy) is 1. The summed E-state index contributed by atoms with van der Waals surface area (Å²) in [6, 6.07) is 4.96. The van der Waals surface area contributed by atoms with Crippen molar-refractivity contribution < 1.29 is 14.3 Å². The summed E-state index contributed by atoms with van der Waals surface area (Å²) in [7, 11) is 1.61. The predicted molar refractivity (Wildman–Crippen MR) is 111 cm³/mol. The minimum atomic E-state index is -0.542. The number of anilines is 1. The first-order valence-electron chi connectivity index (χ1n) is 8.97. The molecule has 3 N–H and O–H groups in total. The van der Waals surface area contributed by atoms with E-state index in [2.05, 4.69) is 16.0 Å². The van der Waals surface area contributed by atoms with Crippen LogP contribution in [-0.2, 0) is 9.53 Å². The molecular formula is C19H29Cl2N3O3. The van der Waals surface area contributed by atoms with Crippen molar-refractivity contribution in [2.24, 2.45) is 11.3 Å². The molecule has 1 aromatic carbocycles. The van der Waals surface area contributed by atoms with Gasteiger partial charge in [0.15, 0.2) is 0 Å². The summed E-state index contributed by atoms with van der Waals surface area (Å²) in [5.74, 6) is 0.0722. The van der Waals surface area contributed by atoms with E-state index in [-0.39, 0.29) is 24.2 Å². The van der Waals surface area contributed by atoms with Crippen molar-refractivity contribution in [1.29, 1.82) is 0 Å². The molecule has 2 amide bonds. The molecule has 0 unspecified atom stereocenters. The fraction of sp³-hybridized carbons (Fsp3) is 0.579. The van der Waals surface area contributed by atoms with Crippen LogP contribution in [-0.4, -0.2) is 45.2 Å². The van der Waals surface area contributed by atoms with Crippen LogP contribution >= 0.6 is 24.0 Å².